The van der Waals surface area contributed by atoms with Crippen LogP contribution >= 0.6 is 0 Å². The molecular weight excluding hydrogens is 368 g/mol. The molecule has 0 aromatic carbocycles. The Morgan fingerprint density at radius 1 is 1.34 bits per heavy atom. The molecule has 0 saturated carbocycles. The fraction of sp³-hybridized carbons (Fsp3) is 0.619. The Labute approximate surface area is 172 Å². The van der Waals surface area contributed by atoms with Crippen LogP contribution in [0.2, 0.25) is 0 Å². The molecule has 2 N–H and O–H groups in total. The molecule has 0 spiro atoms. The Morgan fingerprint density at radius 3 is 2.90 bits per heavy atom. The van der Waals surface area contributed by atoms with Gasteiger partial charge in [0.1, 0.15) is 5.82 Å². The number of nitrogens with one attached hydrogen (secondary N) is 2. The zero-order valence-electron chi connectivity index (χ0n) is 17.7. The van der Waals surface area contributed by atoms with E-state index >= 15 is 0 Å². The van der Waals surface area contributed by atoms with Gasteiger partial charge in [0, 0.05) is 62.7 Å². The number of amides is 2. The molecule has 2 aromatic rings. The van der Waals surface area contributed by atoms with Crippen molar-refractivity contribution in [2.45, 2.75) is 59.4 Å². The summed E-state index contributed by atoms with van der Waals surface area (Å²) in [6.45, 7) is 8.70. The van der Waals surface area contributed by atoms with E-state index < -0.39 is 0 Å². The number of hydrogen-bond acceptors (Lipinski definition) is 4. The maximum absolute atomic E-state index is 12.7. The van der Waals surface area contributed by atoms with Crippen LogP contribution in [0.1, 0.15) is 49.0 Å². The van der Waals surface area contributed by atoms with Crippen molar-refractivity contribution < 1.29 is 9.59 Å². The predicted molar refractivity (Wildman–Crippen MR) is 110 cm³/mol. The van der Waals surface area contributed by atoms with Crippen molar-refractivity contribution in [3.8, 4) is 0 Å². The average Bonchev–Trinajstić information content (AvgIpc) is 3.32. The van der Waals surface area contributed by atoms with Crippen LogP contribution in [-0.4, -0.2) is 56.1 Å². The molecule has 0 aliphatic carbocycles. The molecule has 3 heterocycles. The van der Waals surface area contributed by atoms with E-state index in [0.717, 1.165) is 48.6 Å². The van der Waals surface area contributed by atoms with Gasteiger partial charge in [0.25, 0.3) is 0 Å². The molecule has 3 rings (SSSR count). The first-order valence-electron chi connectivity index (χ1n) is 10.5. The van der Waals surface area contributed by atoms with Gasteiger partial charge in [-0.25, -0.2) is 4.98 Å². The molecule has 8 nitrogen and oxygen atoms in total. The topological polar surface area (TPSA) is 95.9 Å². The maximum atomic E-state index is 12.7. The van der Waals surface area contributed by atoms with E-state index in [-0.39, 0.29) is 11.8 Å². The van der Waals surface area contributed by atoms with Crippen LogP contribution in [0.25, 0.3) is 0 Å². The van der Waals surface area contributed by atoms with Gasteiger partial charge >= 0.3 is 0 Å². The Kier molecular flexibility index (Phi) is 7.06. The fourth-order valence-corrected chi connectivity index (χ4v) is 3.98. The molecule has 1 fully saturated rings. The number of likely N-dealkylation sites (tertiary alicyclic amines) is 1. The summed E-state index contributed by atoms with van der Waals surface area (Å²) in [6, 6.07) is 0. The number of H-pyrrole nitrogens is 1. The first-order chi connectivity index (χ1) is 14.0. The zero-order valence-corrected chi connectivity index (χ0v) is 17.7. The number of aromatic amines is 1. The molecule has 0 bridgehead atoms. The Balaban J connectivity index is 1.43. The molecule has 1 aliphatic heterocycles. The quantitative estimate of drug-likeness (QED) is 0.706. The lowest BCUT2D eigenvalue weighted by Gasteiger charge is -2.33. The molecule has 1 atom stereocenters. The van der Waals surface area contributed by atoms with Crippen molar-refractivity contribution in [2.24, 2.45) is 5.92 Å². The van der Waals surface area contributed by atoms with Crippen LogP contribution < -0.4 is 5.32 Å². The molecule has 1 unspecified atom stereocenters. The highest BCUT2D eigenvalue weighted by Crippen LogP contribution is 2.18. The lowest BCUT2D eigenvalue weighted by Crippen LogP contribution is -2.44. The SMILES string of the molecule is CCc1nccn1CCC(=O)NCC1CCCN(C(=O)Cc2c(C)n[nH]c2C)C1. The van der Waals surface area contributed by atoms with Gasteiger partial charge in [-0.3, -0.25) is 14.7 Å². The number of carbonyl (C=O) groups is 2. The summed E-state index contributed by atoms with van der Waals surface area (Å²) >= 11 is 0. The summed E-state index contributed by atoms with van der Waals surface area (Å²) in [5.74, 6) is 1.50. The number of piperidine rings is 1. The third kappa shape index (κ3) is 5.46. The van der Waals surface area contributed by atoms with Crippen molar-refractivity contribution in [1.82, 2.24) is 30.0 Å². The molecule has 0 radical (unpaired) electrons. The lowest BCUT2D eigenvalue weighted by atomic mass is 9.97. The van der Waals surface area contributed by atoms with Crippen LogP contribution in [0, 0.1) is 19.8 Å². The molecule has 8 heteroatoms. The van der Waals surface area contributed by atoms with Crippen molar-refractivity contribution in [3.05, 3.63) is 35.2 Å². The highest BCUT2D eigenvalue weighted by atomic mass is 16.2. The van der Waals surface area contributed by atoms with Gasteiger partial charge in [-0.15, -0.1) is 0 Å². The summed E-state index contributed by atoms with van der Waals surface area (Å²) in [7, 11) is 0. The molecule has 1 aliphatic rings. The van der Waals surface area contributed by atoms with Gasteiger partial charge in [0.05, 0.1) is 12.1 Å². The van der Waals surface area contributed by atoms with Gasteiger partial charge < -0.3 is 14.8 Å². The van der Waals surface area contributed by atoms with Gasteiger partial charge in [0.15, 0.2) is 0 Å². The van der Waals surface area contributed by atoms with Crippen molar-refractivity contribution in [1.29, 1.82) is 0 Å². The molecule has 158 valence electrons. The van der Waals surface area contributed by atoms with Crippen LogP contribution in [0.3, 0.4) is 0 Å². The Hall–Kier alpha value is -2.64. The van der Waals surface area contributed by atoms with E-state index in [4.69, 9.17) is 0 Å². The van der Waals surface area contributed by atoms with Gasteiger partial charge in [-0.05, 0) is 32.6 Å². The summed E-state index contributed by atoms with van der Waals surface area (Å²) in [5.41, 5.74) is 2.85. The highest BCUT2D eigenvalue weighted by Gasteiger charge is 2.25. The molecule has 2 aromatic heterocycles. The number of nitrogens with zero attached hydrogens (tertiary/aromatic N) is 4. The molecular formula is C21H32N6O2. The maximum Gasteiger partial charge on any atom is 0.227 e. The minimum atomic E-state index is 0.0499. The normalized spacial score (nSPS) is 16.8. The summed E-state index contributed by atoms with van der Waals surface area (Å²) in [6.07, 6.45) is 7.39. The minimum absolute atomic E-state index is 0.0499. The average molecular weight is 401 g/mol. The van der Waals surface area contributed by atoms with Crippen molar-refractivity contribution in [2.75, 3.05) is 19.6 Å². The first kappa shape index (κ1) is 21.1. The second-order valence-electron chi connectivity index (χ2n) is 7.88. The molecule has 2 amide bonds. The van der Waals surface area contributed by atoms with E-state index in [0.29, 0.717) is 38.4 Å². The number of carbonyl (C=O) groups excluding carboxylic acids is 2. The minimum Gasteiger partial charge on any atom is -0.356 e. The first-order valence-corrected chi connectivity index (χ1v) is 10.5. The third-order valence-electron chi connectivity index (χ3n) is 5.77. The Bertz CT molecular complexity index is 821. The third-order valence-corrected chi connectivity index (χ3v) is 5.77. The van der Waals surface area contributed by atoms with Crippen LogP contribution in [-0.2, 0) is 29.0 Å². The summed E-state index contributed by atoms with van der Waals surface area (Å²) < 4.78 is 2.03. The number of aromatic nitrogens is 4. The van der Waals surface area contributed by atoms with E-state index in [1.165, 1.54) is 0 Å². The smallest absolute Gasteiger partial charge is 0.227 e. The van der Waals surface area contributed by atoms with Crippen LogP contribution in [0.15, 0.2) is 12.4 Å². The van der Waals surface area contributed by atoms with Crippen LogP contribution in [0.4, 0.5) is 0 Å². The molecule has 1 saturated heterocycles. The number of aryl methyl sites for hydroxylation is 4. The van der Waals surface area contributed by atoms with Crippen LogP contribution in [0.5, 0.6) is 0 Å². The van der Waals surface area contributed by atoms with E-state index in [2.05, 4.69) is 27.4 Å². The Morgan fingerprint density at radius 2 is 2.17 bits per heavy atom. The number of rotatable bonds is 8. The van der Waals surface area contributed by atoms with E-state index in [1.54, 1.807) is 6.20 Å². The van der Waals surface area contributed by atoms with Gasteiger partial charge in [-0.2, -0.15) is 5.10 Å². The van der Waals surface area contributed by atoms with Gasteiger partial charge in [-0.1, -0.05) is 6.92 Å². The standard InChI is InChI=1S/C21H32N6O2/c1-4-19-22-8-11-26(19)10-7-20(28)23-13-17-6-5-9-27(14-17)21(29)12-18-15(2)24-25-16(18)3/h8,11,17H,4-7,9-10,12-14H2,1-3H3,(H,23,28)(H,24,25). The molecule has 29 heavy (non-hydrogen) atoms. The van der Waals surface area contributed by atoms with E-state index in [1.807, 2.05) is 29.5 Å². The van der Waals surface area contributed by atoms with Gasteiger partial charge in [0.2, 0.25) is 11.8 Å². The second-order valence-corrected chi connectivity index (χ2v) is 7.88. The van der Waals surface area contributed by atoms with Crippen molar-refractivity contribution in [3.63, 3.8) is 0 Å². The largest absolute Gasteiger partial charge is 0.356 e. The van der Waals surface area contributed by atoms with E-state index in [9.17, 15) is 9.59 Å². The summed E-state index contributed by atoms with van der Waals surface area (Å²) in [5, 5.41) is 10.2. The number of imidazole rings is 1. The monoisotopic (exact) mass is 400 g/mol. The predicted octanol–water partition coefficient (Wildman–Crippen LogP) is 1.77. The zero-order chi connectivity index (χ0) is 20.8. The number of hydrogen-bond donors (Lipinski definition) is 2. The lowest BCUT2D eigenvalue weighted by molar-refractivity contribution is -0.132. The summed E-state index contributed by atoms with van der Waals surface area (Å²) in [4.78, 5) is 31.2. The second kappa shape index (κ2) is 9.71. The highest BCUT2D eigenvalue weighted by molar-refractivity contribution is 5.79. The van der Waals surface area contributed by atoms with Crippen molar-refractivity contribution >= 4 is 11.8 Å². The fourth-order valence-electron chi connectivity index (χ4n) is 3.98.